The Kier molecular flexibility index (Phi) is 1.88. The monoisotopic (exact) mass is 221 g/mol. The predicted molar refractivity (Wildman–Crippen MR) is 62.7 cm³/mol. The molecule has 1 heterocycles. The van der Waals surface area contributed by atoms with Gasteiger partial charge in [0, 0.05) is 18.4 Å². The summed E-state index contributed by atoms with van der Waals surface area (Å²) >= 11 is 0. The Morgan fingerprint density at radius 1 is 1.38 bits per heavy atom. The van der Waals surface area contributed by atoms with Gasteiger partial charge in [0.2, 0.25) is 0 Å². The van der Waals surface area contributed by atoms with E-state index >= 15 is 0 Å². The quantitative estimate of drug-likeness (QED) is 0.675. The zero-order valence-corrected chi connectivity index (χ0v) is 10.3. The van der Waals surface area contributed by atoms with Crippen LogP contribution in [0.2, 0.25) is 0 Å². The second-order valence-electron chi connectivity index (χ2n) is 6.40. The van der Waals surface area contributed by atoms with Crippen LogP contribution in [-0.2, 0) is 0 Å². The molecular weight excluding hydrogens is 201 g/mol. The van der Waals surface area contributed by atoms with Gasteiger partial charge in [-0.05, 0) is 42.1 Å². The third-order valence-corrected chi connectivity index (χ3v) is 5.79. The molecule has 0 amide bonds. The largest absolute Gasteiger partial charge is 0.348 e. The summed E-state index contributed by atoms with van der Waals surface area (Å²) in [5.41, 5.74) is 0.738. The lowest BCUT2D eigenvalue weighted by molar-refractivity contribution is 0.107. The molecule has 3 unspecified atom stereocenters. The predicted octanol–water partition coefficient (Wildman–Crippen LogP) is 4.01. The highest BCUT2D eigenvalue weighted by Gasteiger charge is 2.61. The first-order chi connectivity index (χ1) is 7.45. The number of halogens is 1. The van der Waals surface area contributed by atoms with E-state index in [4.69, 9.17) is 0 Å². The summed E-state index contributed by atoms with van der Waals surface area (Å²) in [6.45, 7) is 7.18. The van der Waals surface area contributed by atoms with Crippen molar-refractivity contribution in [2.45, 2.75) is 46.1 Å². The van der Waals surface area contributed by atoms with Crippen molar-refractivity contribution in [2.75, 3.05) is 0 Å². The molecule has 0 spiro atoms. The summed E-state index contributed by atoms with van der Waals surface area (Å²) in [5.74, 6) is 0.706. The van der Waals surface area contributed by atoms with Gasteiger partial charge in [0.05, 0.1) is 0 Å². The van der Waals surface area contributed by atoms with E-state index < -0.39 is 0 Å². The van der Waals surface area contributed by atoms with Crippen LogP contribution in [0.1, 0.15) is 46.1 Å². The molecule has 2 bridgehead atoms. The summed E-state index contributed by atoms with van der Waals surface area (Å²) in [4.78, 5) is 0. The summed E-state index contributed by atoms with van der Waals surface area (Å²) in [6.07, 6.45) is 7.42. The number of rotatable bonds is 1. The molecule has 0 aromatic carbocycles. The zero-order valence-electron chi connectivity index (χ0n) is 10.3. The average Bonchev–Trinajstić information content (AvgIpc) is 2.77. The highest BCUT2D eigenvalue weighted by molar-refractivity contribution is 5.14. The third kappa shape index (κ3) is 1.05. The minimum Gasteiger partial charge on any atom is -0.348 e. The minimum absolute atomic E-state index is 0.107. The van der Waals surface area contributed by atoms with Crippen LogP contribution in [0.5, 0.6) is 0 Å². The SMILES string of the molecule is CC1(C)C2CCC1(C)C(n1ccc(F)c1)C2. The summed E-state index contributed by atoms with van der Waals surface area (Å²) < 4.78 is 15.2. The van der Waals surface area contributed by atoms with Gasteiger partial charge in [0.15, 0.2) is 0 Å². The maximum absolute atomic E-state index is 13.1. The van der Waals surface area contributed by atoms with E-state index in [9.17, 15) is 4.39 Å². The molecule has 1 aromatic heterocycles. The maximum Gasteiger partial charge on any atom is 0.140 e. The smallest absolute Gasteiger partial charge is 0.140 e. The molecule has 0 aliphatic heterocycles. The van der Waals surface area contributed by atoms with Crippen LogP contribution in [0.15, 0.2) is 18.5 Å². The van der Waals surface area contributed by atoms with Crippen LogP contribution in [0.4, 0.5) is 4.39 Å². The van der Waals surface area contributed by atoms with E-state index in [-0.39, 0.29) is 5.82 Å². The van der Waals surface area contributed by atoms with Crippen molar-refractivity contribution in [2.24, 2.45) is 16.7 Å². The van der Waals surface area contributed by atoms with Crippen LogP contribution in [0.3, 0.4) is 0 Å². The van der Waals surface area contributed by atoms with E-state index in [1.807, 2.05) is 6.20 Å². The molecule has 2 aliphatic rings. The molecule has 2 heteroatoms. The van der Waals surface area contributed by atoms with Gasteiger partial charge in [-0.15, -0.1) is 0 Å². The van der Waals surface area contributed by atoms with Crippen molar-refractivity contribution in [1.29, 1.82) is 0 Å². The van der Waals surface area contributed by atoms with Crippen molar-refractivity contribution >= 4 is 0 Å². The van der Waals surface area contributed by atoms with Crippen LogP contribution in [-0.4, -0.2) is 4.57 Å². The van der Waals surface area contributed by atoms with E-state index in [0.29, 0.717) is 16.9 Å². The highest BCUT2D eigenvalue weighted by Crippen LogP contribution is 2.69. The fraction of sp³-hybridized carbons (Fsp3) is 0.714. The van der Waals surface area contributed by atoms with Crippen molar-refractivity contribution in [1.82, 2.24) is 4.57 Å². The first-order valence-corrected chi connectivity index (χ1v) is 6.28. The molecule has 16 heavy (non-hydrogen) atoms. The number of fused-ring (bicyclic) bond motifs is 2. The Morgan fingerprint density at radius 3 is 2.56 bits per heavy atom. The lowest BCUT2D eigenvalue weighted by Gasteiger charge is -2.39. The first kappa shape index (κ1) is 10.4. The van der Waals surface area contributed by atoms with E-state index in [1.54, 1.807) is 12.3 Å². The number of aromatic nitrogens is 1. The van der Waals surface area contributed by atoms with Gasteiger partial charge in [0.1, 0.15) is 5.82 Å². The normalized spacial score (nSPS) is 40.5. The summed E-state index contributed by atoms with van der Waals surface area (Å²) in [5, 5.41) is 0. The van der Waals surface area contributed by atoms with Gasteiger partial charge >= 0.3 is 0 Å². The highest BCUT2D eigenvalue weighted by atomic mass is 19.1. The lowest BCUT2D eigenvalue weighted by atomic mass is 9.69. The topological polar surface area (TPSA) is 4.93 Å². The van der Waals surface area contributed by atoms with Crippen LogP contribution in [0.25, 0.3) is 0 Å². The first-order valence-electron chi connectivity index (χ1n) is 6.28. The summed E-state index contributed by atoms with van der Waals surface area (Å²) in [7, 11) is 0. The molecule has 88 valence electrons. The zero-order chi connectivity index (χ0) is 11.6. The molecule has 3 rings (SSSR count). The maximum atomic E-state index is 13.1. The van der Waals surface area contributed by atoms with E-state index in [0.717, 1.165) is 5.92 Å². The Hall–Kier alpha value is -0.790. The molecule has 0 saturated heterocycles. The van der Waals surface area contributed by atoms with Gasteiger partial charge in [0.25, 0.3) is 0 Å². The minimum atomic E-state index is -0.107. The molecule has 0 N–H and O–H groups in total. The summed E-state index contributed by atoms with van der Waals surface area (Å²) in [6, 6.07) is 2.06. The molecule has 1 aromatic rings. The second kappa shape index (κ2) is 2.91. The standard InChI is InChI=1S/C14H20FN/c1-13(2)10-4-6-14(13,3)12(8-10)16-7-5-11(15)9-16/h5,7,9-10,12H,4,6,8H2,1-3H3. The van der Waals surface area contributed by atoms with Gasteiger partial charge in [-0.25, -0.2) is 4.39 Å². The lowest BCUT2D eigenvalue weighted by Crippen LogP contribution is -2.33. The van der Waals surface area contributed by atoms with Crippen molar-refractivity contribution in [3.63, 3.8) is 0 Å². The molecular formula is C14H20FN. The Balaban J connectivity index is 2.01. The fourth-order valence-electron chi connectivity index (χ4n) is 4.19. The van der Waals surface area contributed by atoms with Gasteiger partial charge in [-0.1, -0.05) is 20.8 Å². The molecule has 2 saturated carbocycles. The Labute approximate surface area is 96.7 Å². The van der Waals surface area contributed by atoms with Gasteiger partial charge in [-0.2, -0.15) is 0 Å². The number of hydrogen-bond acceptors (Lipinski definition) is 0. The van der Waals surface area contributed by atoms with Crippen LogP contribution < -0.4 is 0 Å². The van der Waals surface area contributed by atoms with E-state index in [2.05, 4.69) is 25.3 Å². The number of nitrogens with zero attached hydrogens (tertiary/aromatic N) is 1. The molecule has 1 nitrogen and oxygen atoms in total. The third-order valence-electron chi connectivity index (χ3n) is 5.79. The number of hydrogen-bond donors (Lipinski definition) is 0. The average molecular weight is 221 g/mol. The van der Waals surface area contributed by atoms with Gasteiger partial charge < -0.3 is 4.57 Å². The van der Waals surface area contributed by atoms with Crippen LogP contribution >= 0.6 is 0 Å². The van der Waals surface area contributed by atoms with Gasteiger partial charge in [-0.3, -0.25) is 0 Å². The Bertz CT molecular complexity index is 420. The molecule has 2 aliphatic carbocycles. The van der Waals surface area contributed by atoms with Crippen LogP contribution in [0, 0.1) is 22.6 Å². The molecule has 2 fully saturated rings. The van der Waals surface area contributed by atoms with Crippen molar-refractivity contribution < 1.29 is 4.39 Å². The molecule has 3 atom stereocenters. The Morgan fingerprint density at radius 2 is 2.12 bits per heavy atom. The van der Waals surface area contributed by atoms with Crippen molar-refractivity contribution in [3.8, 4) is 0 Å². The second-order valence-corrected chi connectivity index (χ2v) is 6.40. The van der Waals surface area contributed by atoms with E-state index in [1.165, 1.54) is 19.3 Å². The van der Waals surface area contributed by atoms with Crippen molar-refractivity contribution in [3.05, 3.63) is 24.3 Å². The molecule has 0 radical (unpaired) electrons. The fourth-order valence-corrected chi connectivity index (χ4v) is 4.19.